The Morgan fingerprint density at radius 3 is 1.63 bits per heavy atom. The summed E-state index contributed by atoms with van der Waals surface area (Å²) in [6.45, 7) is 9.90. The number of nitrogens with zero attached hydrogens (tertiary/aromatic N) is 5. The third-order valence-electron chi connectivity index (χ3n) is 10.3. The number of rotatable bonds is 3. The molecule has 0 amide bonds. The Morgan fingerprint density at radius 2 is 1.19 bits per heavy atom. The predicted octanol–water partition coefficient (Wildman–Crippen LogP) is 6.28. The molecule has 0 radical (unpaired) electrons. The van der Waals surface area contributed by atoms with Crippen LogP contribution in [0.5, 0.6) is 0 Å². The van der Waals surface area contributed by atoms with E-state index in [1.165, 1.54) is 50.8 Å². The van der Waals surface area contributed by atoms with Gasteiger partial charge >= 0.3 is 0 Å². The van der Waals surface area contributed by atoms with E-state index in [9.17, 15) is 8.42 Å². The first-order chi connectivity index (χ1) is 20.6. The molecule has 8 nitrogen and oxygen atoms in total. The maximum atomic E-state index is 11.4. The number of imidazole rings is 2. The second-order valence-corrected chi connectivity index (χ2v) is 15.3. The molecule has 2 atom stereocenters. The van der Waals surface area contributed by atoms with Gasteiger partial charge in [0.05, 0.1) is 48.5 Å². The molecule has 1 saturated heterocycles. The molecule has 0 bridgehead atoms. The summed E-state index contributed by atoms with van der Waals surface area (Å²) in [6, 6.07) is 18.2. The van der Waals surface area contributed by atoms with E-state index < -0.39 is 10.2 Å². The van der Waals surface area contributed by atoms with Crippen LogP contribution >= 0.6 is 0 Å². The highest BCUT2D eigenvalue weighted by molar-refractivity contribution is 7.86. The van der Waals surface area contributed by atoms with E-state index >= 15 is 0 Å². The molecule has 2 aromatic carbocycles. The topological polar surface area (TPSA) is 99.0 Å². The zero-order valence-corrected chi connectivity index (χ0v) is 26.3. The van der Waals surface area contributed by atoms with Crippen molar-refractivity contribution in [3.8, 4) is 22.5 Å². The van der Waals surface area contributed by atoms with E-state index in [-0.39, 0.29) is 5.41 Å². The lowest BCUT2D eigenvalue weighted by Crippen LogP contribution is -2.65. The monoisotopic (exact) mass is 598 g/mol. The van der Waals surface area contributed by atoms with Gasteiger partial charge < -0.3 is 9.13 Å². The van der Waals surface area contributed by atoms with Gasteiger partial charge in [0.15, 0.2) is 0 Å². The summed E-state index contributed by atoms with van der Waals surface area (Å²) < 4.78 is 28.8. The Labute approximate surface area is 255 Å². The lowest BCUT2D eigenvalue weighted by atomic mass is 9.56. The van der Waals surface area contributed by atoms with Gasteiger partial charge in [-0.3, -0.25) is 0 Å². The van der Waals surface area contributed by atoms with Crippen LogP contribution in [0.4, 0.5) is 0 Å². The maximum Gasteiger partial charge on any atom is 0.276 e. The van der Waals surface area contributed by atoms with Crippen LogP contribution in [0, 0.1) is 22.7 Å². The molecule has 3 aliphatic heterocycles. The van der Waals surface area contributed by atoms with Crippen LogP contribution in [0.25, 0.3) is 22.5 Å². The summed E-state index contributed by atoms with van der Waals surface area (Å²) in [6.07, 6.45) is 12.6. The van der Waals surface area contributed by atoms with Crippen LogP contribution in [-0.4, -0.2) is 44.9 Å². The van der Waals surface area contributed by atoms with Gasteiger partial charge in [-0.2, -0.15) is 12.7 Å². The third-order valence-corrected chi connectivity index (χ3v) is 11.3. The molecule has 5 heterocycles. The summed E-state index contributed by atoms with van der Waals surface area (Å²) in [5.74, 6) is 1.31. The minimum absolute atomic E-state index is 0.148. The van der Waals surface area contributed by atoms with Gasteiger partial charge in [0.25, 0.3) is 10.2 Å². The molecule has 9 rings (SSSR count). The summed E-state index contributed by atoms with van der Waals surface area (Å²) in [7, 11) is -3.52. The Kier molecular flexibility index (Phi) is 6.72. The Balaban J connectivity index is 0.000000136. The lowest BCUT2D eigenvalue weighted by Gasteiger charge is -2.59. The van der Waals surface area contributed by atoms with Crippen LogP contribution in [0.15, 0.2) is 73.6 Å². The molecule has 226 valence electrons. The van der Waals surface area contributed by atoms with Gasteiger partial charge in [0, 0.05) is 24.2 Å². The van der Waals surface area contributed by atoms with Gasteiger partial charge in [0.2, 0.25) is 0 Å². The normalized spacial score (nSPS) is 24.1. The Bertz CT molecular complexity index is 1750. The van der Waals surface area contributed by atoms with Crippen molar-refractivity contribution in [2.45, 2.75) is 65.5 Å². The summed E-state index contributed by atoms with van der Waals surface area (Å²) in [4.78, 5) is 8.64. The van der Waals surface area contributed by atoms with E-state index in [0.717, 1.165) is 18.8 Å². The quantitative estimate of drug-likeness (QED) is 0.300. The summed E-state index contributed by atoms with van der Waals surface area (Å²) in [5.41, 5.74) is 8.67. The molecule has 4 aromatic rings. The highest BCUT2D eigenvalue weighted by Gasteiger charge is 2.57. The number of benzene rings is 2. The molecule has 9 heteroatoms. The first kappa shape index (κ1) is 28.5. The van der Waals surface area contributed by atoms with Crippen molar-refractivity contribution in [2.24, 2.45) is 27.8 Å². The predicted molar refractivity (Wildman–Crippen MR) is 169 cm³/mol. The second-order valence-electron chi connectivity index (χ2n) is 13.8. The van der Waals surface area contributed by atoms with E-state index in [1.807, 2.05) is 38.9 Å². The van der Waals surface area contributed by atoms with E-state index in [4.69, 9.17) is 5.14 Å². The number of nitrogens with two attached hydrogens (primary N) is 1. The molecule has 2 aromatic heterocycles. The maximum absolute atomic E-state index is 11.4. The summed E-state index contributed by atoms with van der Waals surface area (Å²) >= 11 is 0. The number of hydrogen-bond acceptors (Lipinski definition) is 4. The van der Waals surface area contributed by atoms with Crippen molar-refractivity contribution in [1.82, 2.24) is 23.4 Å². The molecule has 2 aliphatic carbocycles. The minimum atomic E-state index is -3.52. The molecular weight excluding hydrogens is 556 g/mol. The van der Waals surface area contributed by atoms with Crippen molar-refractivity contribution in [3.05, 3.63) is 84.7 Å². The summed E-state index contributed by atoms with van der Waals surface area (Å²) in [5, 5.41) is 5.20. The largest absolute Gasteiger partial charge is 0.323 e. The van der Waals surface area contributed by atoms with Crippen LogP contribution in [0.2, 0.25) is 0 Å². The lowest BCUT2D eigenvalue weighted by molar-refractivity contribution is -0.0642. The smallest absolute Gasteiger partial charge is 0.276 e. The van der Waals surface area contributed by atoms with Crippen molar-refractivity contribution < 1.29 is 8.42 Å². The van der Waals surface area contributed by atoms with Gasteiger partial charge in [0.1, 0.15) is 0 Å². The van der Waals surface area contributed by atoms with Crippen LogP contribution in [0.3, 0.4) is 0 Å². The first-order valence-corrected chi connectivity index (χ1v) is 17.1. The van der Waals surface area contributed by atoms with Crippen LogP contribution in [-0.2, 0) is 10.2 Å². The fourth-order valence-corrected chi connectivity index (χ4v) is 9.61. The molecule has 43 heavy (non-hydrogen) atoms. The molecule has 2 N–H and O–H groups in total. The fraction of sp³-hybridized carbons (Fsp3) is 0.471. The van der Waals surface area contributed by atoms with Gasteiger partial charge in [-0.1, -0.05) is 76.2 Å². The zero-order chi connectivity index (χ0) is 30.1. The third kappa shape index (κ3) is 4.59. The van der Waals surface area contributed by atoms with Crippen molar-refractivity contribution in [1.29, 1.82) is 0 Å². The molecule has 1 spiro atoms. The fourth-order valence-electron chi connectivity index (χ4n) is 8.71. The number of fused-ring (bicyclic) bond motifs is 6. The molecule has 3 fully saturated rings. The Morgan fingerprint density at radius 1 is 0.744 bits per heavy atom. The molecule has 2 unspecified atom stereocenters. The molecular formula is C34H42N6O2S. The average Bonchev–Trinajstić information content (AvgIpc) is 3.69. The standard InChI is InChI=1S/C16H18N4O2S.C16H18N2.C2H6/c17-23(21,22)19-8-16(9-19)5-11(6-16)15-13-4-2-1-3-12(13)14-7-18-10-20(14)15;1-16(2)7-11(8-16)15-13-6-4-3-5-12(13)14-9-17-10-18(14)15;1-2/h1-4,7,10-11,15H,5-6,8-9H2,(H2,17,21,22);3-6,9-11,15H,7-8H2,1-2H3;1-2H3. The van der Waals surface area contributed by atoms with Gasteiger partial charge in [-0.05, 0) is 59.5 Å². The zero-order valence-electron chi connectivity index (χ0n) is 25.5. The first-order valence-electron chi connectivity index (χ1n) is 15.6. The van der Waals surface area contributed by atoms with E-state index in [0.29, 0.717) is 36.5 Å². The van der Waals surface area contributed by atoms with Crippen molar-refractivity contribution >= 4 is 10.2 Å². The highest BCUT2D eigenvalue weighted by atomic mass is 32.2. The number of hydrogen-bond donors (Lipinski definition) is 1. The van der Waals surface area contributed by atoms with Crippen LogP contribution < -0.4 is 5.14 Å². The molecule has 2 saturated carbocycles. The highest BCUT2D eigenvalue weighted by Crippen LogP contribution is 2.59. The van der Waals surface area contributed by atoms with Gasteiger partial charge in [-0.25, -0.2) is 15.1 Å². The SMILES string of the molecule is CC.CC1(C)CC(C2c3ccccc3-c3cncn32)C1.NS(=O)(=O)N1CC2(CC(C3c4ccccc4-c4cncn43)C2)C1. The van der Waals surface area contributed by atoms with Crippen molar-refractivity contribution in [3.63, 3.8) is 0 Å². The molecule has 5 aliphatic rings. The minimum Gasteiger partial charge on any atom is -0.323 e. The van der Waals surface area contributed by atoms with Crippen LogP contribution in [0.1, 0.15) is 76.6 Å². The van der Waals surface area contributed by atoms with E-state index in [1.54, 1.807) is 0 Å². The second kappa shape index (κ2) is 10.1. The van der Waals surface area contributed by atoms with E-state index in [2.05, 4.69) is 81.5 Å². The Hall–Kier alpha value is -3.27. The van der Waals surface area contributed by atoms with Crippen molar-refractivity contribution in [2.75, 3.05) is 13.1 Å². The van der Waals surface area contributed by atoms with Gasteiger partial charge in [-0.15, -0.1) is 0 Å². The average molecular weight is 599 g/mol. The number of aromatic nitrogens is 4.